The number of pyridine rings is 1. The zero-order valence-corrected chi connectivity index (χ0v) is 15.0. The molecule has 0 radical (unpaired) electrons. The van der Waals surface area contributed by atoms with Gasteiger partial charge in [0.05, 0.1) is 17.6 Å². The Labute approximate surface area is 160 Å². The van der Waals surface area contributed by atoms with Crippen LogP contribution >= 0.6 is 0 Å². The molecular weight excluding hydrogens is 362 g/mol. The molecule has 0 aliphatic carbocycles. The quantitative estimate of drug-likeness (QED) is 0.448. The van der Waals surface area contributed by atoms with Crippen LogP contribution < -0.4 is 5.73 Å². The van der Waals surface area contributed by atoms with Crippen molar-refractivity contribution in [2.75, 3.05) is 12.3 Å². The summed E-state index contributed by atoms with van der Waals surface area (Å²) in [5, 5.41) is 31.0. The molecule has 3 aromatic heterocycles. The molecule has 4 heterocycles. The highest BCUT2D eigenvalue weighted by molar-refractivity contribution is 5.92. The highest BCUT2D eigenvalue weighted by atomic mass is 16.6. The zero-order chi connectivity index (χ0) is 19.9. The van der Waals surface area contributed by atoms with Crippen LogP contribution in [0.3, 0.4) is 0 Å². The molecule has 1 aliphatic rings. The predicted molar refractivity (Wildman–Crippen MR) is 99.8 cm³/mol. The maximum atomic E-state index is 10.8. The molecule has 0 unspecified atom stereocenters. The first-order valence-corrected chi connectivity index (χ1v) is 8.64. The number of hydrogen-bond donors (Lipinski definition) is 4. The number of aromatic nitrogens is 4. The number of aliphatic hydroxyl groups is 3. The van der Waals surface area contributed by atoms with Crippen molar-refractivity contribution in [3.05, 3.63) is 48.2 Å². The van der Waals surface area contributed by atoms with E-state index in [9.17, 15) is 15.3 Å². The third-order valence-corrected chi connectivity index (χ3v) is 4.82. The minimum absolute atomic E-state index is 0.228. The highest BCUT2D eigenvalue weighted by Crippen LogP contribution is 2.40. The molecular formula is C19H19N5O4. The van der Waals surface area contributed by atoms with E-state index in [1.807, 2.05) is 6.07 Å². The third kappa shape index (κ3) is 2.89. The standard InChI is InChI=1S/C19H19N5O4/c1-19(27)15(26)13(9-25)28-18(19)24-8-11(5-6-12-4-2-3-7-21-12)14-16(20)22-10-23-17(14)24/h2-4,7-8,10,13,15,18,25-27H,9H2,1H3,(H2,20,22,23)/t13-,15-,18-,19-/m1/s1. The van der Waals surface area contributed by atoms with Crippen molar-refractivity contribution < 1.29 is 20.1 Å². The van der Waals surface area contributed by atoms with Gasteiger partial charge in [0.1, 0.15) is 41.3 Å². The lowest BCUT2D eigenvalue weighted by Crippen LogP contribution is -2.44. The van der Waals surface area contributed by atoms with Crippen LogP contribution in [0.15, 0.2) is 36.9 Å². The second-order valence-corrected chi connectivity index (χ2v) is 6.75. The summed E-state index contributed by atoms with van der Waals surface area (Å²) in [4.78, 5) is 12.4. The lowest BCUT2D eigenvalue weighted by molar-refractivity contribution is -0.0948. The molecule has 0 bridgehead atoms. The first-order chi connectivity index (χ1) is 13.4. The van der Waals surface area contributed by atoms with Crippen molar-refractivity contribution in [1.29, 1.82) is 0 Å². The van der Waals surface area contributed by atoms with E-state index in [0.29, 0.717) is 22.3 Å². The van der Waals surface area contributed by atoms with Crippen LogP contribution in [0.25, 0.3) is 11.0 Å². The van der Waals surface area contributed by atoms with Gasteiger partial charge in [0.15, 0.2) is 6.23 Å². The lowest BCUT2D eigenvalue weighted by Gasteiger charge is -2.27. The summed E-state index contributed by atoms with van der Waals surface area (Å²) in [5.74, 6) is 6.19. The van der Waals surface area contributed by atoms with Gasteiger partial charge in [-0.3, -0.25) is 0 Å². The van der Waals surface area contributed by atoms with Crippen LogP contribution in [0.5, 0.6) is 0 Å². The number of nitrogen functional groups attached to an aromatic ring is 1. The number of nitrogens with zero attached hydrogens (tertiary/aromatic N) is 4. The zero-order valence-electron chi connectivity index (χ0n) is 15.0. The minimum atomic E-state index is -1.66. The summed E-state index contributed by atoms with van der Waals surface area (Å²) in [5.41, 5.74) is 5.89. The first kappa shape index (κ1) is 18.3. The topological polar surface area (TPSA) is 140 Å². The Hall–Kier alpha value is -3.03. The van der Waals surface area contributed by atoms with Gasteiger partial charge in [-0.2, -0.15) is 0 Å². The molecule has 0 spiro atoms. The molecule has 1 fully saturated rings. The highest BCUT2D eigenvalue weighted by Gasteiger charge is 2.53. The monoisotopic (exact) mass is 381 g/mol. The average molecular weight is 381 g/mol. The maximum Gasteiger partial charge on any atom is 0.167 e. The van der Waals surface area contributed by atoms with Crippen LogP contribution in [0.4, 0.5) is 5.82 Å². The molecule has 3 aromatic rings. The Morgan fingerprint density at radius 1 is 1.29 bits per heavy atom. The van der Waals surface area contributed by atoms with Crippen molar-refractivity contribution in [2.24, 2.45) is 0 Å². The number of ether oxygens (including phenoxy) is 1. The molecule has 28 heavy (non-hydrogen) atoms. The fraction of sp³-hybridized carbons (Fsp3) is 0.316. The summed E-state index contributed by atoms with van der Waals surface area (Å²) >= 11 is 0. The summed E-state index contributed by atoms with van der Waals surface area (Å²) < 4.78 is 7.25. The lowest BCUT2D eigenvalue weighted by atomic mass is 9.96. The van der Waals surface area contributed by atoms with Gasteiger partial charge in [-0.1, -0.05) is 12.0 Å². The van der Waals surface area contributed by atoms with Crippen molar-refractivity contribution in [3.63, 3.8) is 0 Å². The normalized spacial score (nSPS) is 26.9. The van der Waals surface area contributed by atoms with Gasteiger partial charge < -0.3 is 30.4 Å². The van der Waals surface area contributed by atoms with E-state index >= 15 is 0 Å². The largest absolute Gasteiger partial charge is 0.394 e. The van der Waals surface area contributed by atoms with Crippen molar-refractivity contribution in [3.8, 4) is 11.8 Å². The first-order valence-electron chi connectivity index (χ1n) is 8.64. The summed E-state index contributed by atoms with van der Waals surface area (Å²) in [6.45, 7) is 1.00. The fourth-order valence-corrected chi connectivity index (χ4v) is 3.34. The maximum absolute atomic E-state index is 10.8. The molecule has 144 valence electrons. The van der Waals surface area contributed by atoms with E-state index in [1.165, 1.54) is 13.3 Å². The molecule has 5 N–H and O–H groups in total. The number of rotatable bonds is 2. The van der Waals surface area contributed by atoms with Crippen LogP contribution in [0, 0.1) is 11.8 Å². The molecule has 9 heteroatoms. The Kier molecular flexibility index (Phi) is 4.49. The van der Waals surface area contributed by atoms with Crippen LogP contribution in [-0.4, -0.2) is 59.3 Å². The van der Waals surface area contributed by atoms with E-state index in [1.54, 1.807) is 29.1 Å². The Bertz CT molecular complexity index is 1070. The number of aliphatic hydroxyl groups excluding tert-OH is 2. The Morgan fingerprint density at radius 3 is 2.79 bits per heavy atom. The molecule has 9 nitrogen and oxygen atoms in total. The number of hydrogen-bond acceptors (Lipinski definition) is 8. The number of anilines is 1. The van der Waals surface area contributed by atoms with Gasteiger partial charge >= 0.3 is 0 Å². The van der Waals surface area contributed by atoms with E-state index in [0.717, 1.165) is 0 Å². The van der Waals surface area contributed by atoms with Crippen LogP contribution in [-0.2, 0) is 4.74 Å². The Morgan fingerprint density at radius 2 is 2.11 bits per heavy atom. The summed E-state index contributed by atoms with van der Waals surface area (Å²) in [6, 6.07) is 5.40. The van der Waals surface area contributed by atoms with E-state index in [4.69, 9.17) is 10.5 Å². The second kappa shape index (κ2) is 6.85. The van der Waals surface area contributed by atoms with E-state index in [2.05, 4.69) is 26.8 Å². The molecule has 4 rings (SSSR count). The molecule has 1 aliphatic heterocycles. The molecule has 0 saturated carbocycles. The van der Waals surface area contributed by atoms with Crippen molar-refractivity contribution in [2.45, 2.75) is 31.0 Å². The van der Waals surface area contributed by atoms with E-state index in [-0.39, 0.29) is 5.82 Å². The minimum Gasteiger partial charge on any atom is -0.394 e. The van der Waals surface area contributed by atoms with Crippen LogP contribution in [0.1, 0.15) is 24.4 Å². The van der Waals surface area contributed by atoms with Gasteiger partial charge in [-0.05, 0) is 25.0 Å². The van der Waals surface area contributed by atoms with Crippen molar-refractivity contribution in [1.82, 2.24) is 19.5 Å². The van der Waals surface area contributed by atoms with Gasteiger partial charge in [-0.15, -0.1) is 0 Å². The third-order valence-electron chi connectivity index (χ3n) is 4.82. The average Bonchev–Trinajstić information content (AvgIpc) is 3.17. The number of fused-ring (bicyclic) bond motifs is 1. The van der Waals surface area contributed by atoms with Crippen LogP contribution in [0.2, 0.25) is 0 Å². The van der Waals surface area contributed by atoms with E-state index < -0.39 is 30.6 Å². The summed E-state index contributed by atoms with van der Waals surface area (Å²) in [6.07, 6.45) is 1.37. The SMILES string of the molecule is C[C@@]1(O)[C@H](O)[C@@H](CO)O[C@H]1n1cc(C#Cc2ccccn2)c2c(N)ncnc21. The van der Waals surface area contributed by atoms with Gasteiger partial charge in [0, 0.05) is 12.4 Å². The fourth-order valence-electron chi connectivity index (χ4n) is 3.34. The predicted octanol–water partition coefficient (Wildman–Crippen LogP) is -0.190. The second-order valence-electron chi connectivity index (χ2n) is 6.75. The van der Waals surface area contributed by atoms with Crippen molar-refractivity contribution >= 4 is 16.9 Å². The summed E-state index contributed by atoms with van der Waals surface area (Å²) in [7, 11) is 0. The number of nitrogens with two attached hydrogens (primary N) is 1. The Balaban J connectivity index is 1.85. The van der Waals surface area contributed by atoms with Gasteiger partial charge in [-0.25, -0.2) is 15.0 Å². The molecule has 0 aromatic carbocycles. The smallest absolute Gasteiger partial charge is 0.167 e. The molecule has 4 atom stereocenters. The molecule has 0 amide bonds. The van der Waals surface area contributed by atoms with Gasteiger partial charge in [0.2, 0.25) is 0 Å². The molecule has 1 saturated heterocycles. The van der Waals surface area contributed by atoms with Gasteiger partial charge in [0.25, 0.3) is 0 Å².